The maximum absolute atomic E-state index is 13.1. The Morgan fingerprint density at radius 2 is 1.76 bits per heavy atom. The molecule has 0 unspecified atom stereocenters. The first-order valence-corrected chi connectivity index (χ1v) is 10.5. The zero-order valence-electron chi connectivity index (χ0n) is 16.7. The van der Waals surface area contributed by atoms with Gasteiger partial charge in [-0.2, -0.15) is 0 Å². The Morgan fingerprint density at radius 1 is 1.03 bits per heavy atom. The summed E-state index contributed by atoms with van der Waals surface area (Å²) in [7, 11) is 0. The smallest absolute Gasteiger partial charge is 0.236 e. The molecule has 1 aromatic carbocycles. The van der Waals surface area contributed by atoms with E-state index >= 15 is 0 Å². The highest BCUT2D eigenvalue weighted by molar-refractivity contribution is 5.78. The topological polar surface area (TPSA) is 45.7 Å². The molecule has 29 heavy (non-hydrogen) atoms. The second kappa shape index (κ2) is 9.46. The molecule has 2 fully saturated rings. The number of carbonyl (C=O) groups is 1. The van der Waals surface area contributed by atoms with Gasteiger partial charge in [0.05, 0.1) is 19.8 Å². The van der Waals surface area contributed by atoms with Gasteiger partial charge in [0.25, 0.3) is 0 Å². The number of likely N-dealkylation sites (tertiary alicyclic amines) is 1. The van der Waals surface area contributed by atoms with Crippen molar-refractivity contribution < 1.29 is 13.9 Å². The van der Waals surface area contributed by atoms with E-state index in [1.807, 2.05) is 23.1 Å². The van der Waals surface area contributed by atoms with Gasteiger partial charge >= 0.3 is 0 Å². The predicted molar refractivity (Wildman–Crippen MR) is 109 cm³/mol. The first-order valence-electron chi connectivity index (χ1n) is 10.5. The lowest BCUT2D eigenvalue weighted by atomic mass is 9.92. The van der Waals surface area contributed by atoms with Crippen LogP contribution in [0.1, 0.15) is 35.7 Å². The largest absolute Gasteiger partial charge is 0.378 e. The van der Waals surface area contributed by atoms with Crippen LogP contribution in [0.2, 0.25) is 0 Å². The first-order chi connectivity index (χ1) is 14.2. The monoisotopic (exact) mass is 397 g/mol. The molecule has 4 rings (SSSR count). The van der Waals surface area contributed by atoms with Crippen molar-refractivity contribution in [3.8, 4) is 0 Å². The molecule has 0 saturated carbocycles. The summed E-state index contributed by atoms with van der Waals surface area (Å²) < 4.78 is 18.4. The second-order valence-corrected chi connectivity index (χ2v) is 7.90. The average molecular weight is 397 g/mol. The van der Waals surface area contributed by atoms with Crippen LogP contribution in [0.15, 0.2) is 42.5 Å². The van der Waals surface area contributed by atoms with Gasteiger partial charge in [-0.3, -0.25) is 14.7 Å². The molecule has 6 heteroatoms. The van der Waals surface area contributed by atoms with Crippen LogP contribution in [0.25, 0.3) is 0 Å². The Balaban J connectivity index is 1.30. The fourth-order valence-corrected chi connectivity index (χ4v) is 4.13. The molecule has 0 N–H and O–H groups in total. The molecule has 0 aliphatic carbocycles. The summed E-state index contributed by atoms with van der Waals surface area (Å²) in [6.45, 7) is 5.06. The molecule has 1 aromatic heterocycles. The number of piperidine rings is 1. The molecule has 2 aliphatic rings. The molecule has 3 heterocycles. The van der Waals surface area contributed by atoms with Crippen molar-refractivity contribution in [1.82, 2.24) is 14.8 Å². The van der Waals surface area contributed by atoms with E-state index in [9.17, 15) is 9.18 Å². The predicted octanol–water partition coefficient (Wildman–Crippen LogP) is 2.85. The molecular weight excluding hydrogens is 369 g/mol. The summed E-state index contributed by atoms with van der Waals surface area (Å²) in [6, 6.07) is 12.8. The molecule has 0 spiro atoms. The molecule has 0 bridgehead atoms. The third-order valence-electron chi connectivity index (χ3n) is 5.86. The third kappa shape index (κ3) is 5.40. The lowest BCUT2D eigenvalue weighted by molar-refractivity contribution is -0.136. The molecule has 5 nitrogen and oxygen atoms in total. The number of amides is 1. The maximum atomic E-state index is 13.1. The Morgan fingerprint density at radius 3 is 2.48 bits per heavy atom. The van der Waals surface area contributed by atoms with Gasteiger partial charge in [0.15, 0.2) is 0 Å². The minimum absolute atomic E-state index is 0.214. The van der Waals surface area contributed by atoms with Gasteiger partial charge in [-0.15, -0.1) is 0 Å². The Hall–Kier alpha value is -2.31. The van der Waals surface area contributed by atoms with E-state index in [1.54, 1.807) is 0 Å². The Bertz CT molecular complexity index is 813. The minimum atomic E-state index is -0.214. The number of nitrogens with zero attached hydrogens (tertiary/aromatic N) is 3. The van der Waals surface area contributed by atoms with Crippen LogP contribution in [0.5, 0.6) is 0 Å². The highest BCUT2D eigenvalue weighted by Crippen LogP contribution is 2.27. The van der Waals surface area contributed by atoms with Crippen LogP contribution in [0.4, 0.5) is 4.39 Å². The average Bonchev–Trinajstić information content (AvgIpc) is 2.77. The quantitative estimate of drug-likeness (QED) is 0.778. The van der Waals surface area contributed by atoms with E-state index in [2.05, 4.69) is 17.0 Å². The molecule has 0 radical (unpaired) electrons. The van der Waals surface area contributed by atoms with Crippen molar-refractivity contribution in [3.05, 3.63) is 65.2 Å². The highest BCUT2D eigenvalue weighted by Gasteiger charge is 2.25. The van der Waals surface area contributed by atoms with Crippen LogP contribution in [-0.2, 0) is 16.0 Å². The van der Waals surface area contributed by atoms with Crippen LogP contribution in [0, 0.1) is 5.82 Å². The van der Waals surface area contributed by atoms with E-state index in [-0.39, 0.29) is 11.7 Å². The van der Waals surface area contributed by atoms with Gasteiger partial charge < -0.3 is 9.64 Å². The van der Waals surface area contributed by atoms with Gasteiger partial charge in [-0.25, -0.2) is 4.39 Å². The van der Waals surface area contributed by atoms with E-state index in [0.717, 1.165) is 42.9 Å². The number of carbonyl (C=O) groups excluding carboxylic acids is 1. The molecule has 0 atom stereocenters. The van der Waals surface area contributed by atoms with Crippen molar-refractivity contribution in [2.24, 2.45) is 0 Å². The van der Waals surface area contributed by atoms with Crippen LogP contribution >= 0.6 is 0 Å². The number of benzene rings is 1. The number of rotatable bonds is 5. The zero-order valence-corrected chi connectivity index (χ0v) is 16.7. The van der Waals surface area contributed by atoms with Gasteiger partial charge in [0.2, 0.25) is 5.91 Å². The van der Waals surface area contributed by atoms with Gasteiger partial charge in [0.1, 0.15) is 5.82 Å². The molecule has 2 aromatic rings. The Labute approximate surface area is 171 Å². The summed E-state index contributed by atoms with van der Waals surface area (Å²) in [5.74, 6) is 0.429. The van der Waals surface area contributed by atoms with Gasteiger partial charge in [-0.1, -0.05) is 18.2 Å². The maximum Gasteiger partial charge on any atom is 0.236 e. The molecular formula is C23H28FN3O2. The van der Waals surface area contributed by atoms with Crippen molar-refractivity contribution in [2.75, 3.05) is 45.9 Å². The molecule has 2 aliphatic heterocycles. The fraction of sp³-hybridized carbons (Fsp3) is 0.478. The summed E-state index contributed by atoms with van der Waals surface area (Å²) in [5, 5.41) is 0. The van der Waals surface area contributed by atoms with Crippen LogP contribution in [0.3, 0.4) is 0 Å². The second-order valence-electron chi connectivity index (χ2n) is 7.90. The van der Waals surface area contributed by atoms with E-state index < -0.39 is 0 Å². The summed E-state index contributed by atoms with van der Waals surface area (Å²) in [4.78, 5) is 21.5. The SMILES string of the molecule is O=C(CN1CCC(c2cccc(Cc3ccc(F)cc3)n2)CC1)N1CCOCC1. The fourth-order valence-electron chi connectivity index (χ4n) is 4.13. The molecule has 1 amide bonds. The standard InChI is InChI=1S/C23H28FN3O2/c24-20-6-4-18(5-7-20)16-21-2-1-3-22(25-21)19-8-10-26(11-9-19)17-23(28)27-12-14-29-15-13-27/h1-7,19H,8-17H2. The number of aromatic nitrogens is 1. The highest BCUT2D eigenvalue weighted by atomic mass is 19.1. The summed E-state index contributed by atoms with van der Waals surface area (Å²) in [5.41, 5.74) is 3.20. The van der Waals surface area contributed by atoms with Crippen LogP contribution in [-0.4, -0.2) is 66.6 Å². The third-order valence-corrected chi connectivity index (χ3v) is 5.86. The summed E-state index contributed by atoms with van der Waals surface area (Å²) in [6.07, 6.45) is 2.74. The number of ether oxygens (including phenoxy) is 1. The molecule has 2 saturated heterocycles. The number of morpholine rings is 1. The first kappa shape index (κ1) is 20.0. The van der Waals surface area contributed by atoms with E-state index in [0.29, 0.717) is 45.2 Å². The summed E-state index contributed by atoms with van der Waals surface area (Å²) >= 11 is 0. The van der Waals surface area contributed by atoms with Crippen molar-refractivity contribution in [2.45, 2.75) is 25.2 Å². The lowest BCUT2D eigenvalue weighted by Gasteiger charge is -2.34. The number of hydrogen-bond donors (Lipinski definition) is 0. The zero-order chi connectivity index (χ0) is 20.1. The van der Waals surface area contributed by atoms with E-state index in [4.69, 9.17) is 9.72 Å². The number of hydrogen-bond acceptors (Lipinski definition) is 4. The van der Waals surface area contributed by atoms with Gasteiger partial charge in [-0.05, 0) is 55.8 Å². The lowest BCUT2D eigenvalue weighted by Crippen LogP contribution is -2.47. The number of halogens is 1. The van der Waals surface area contributed by atoms with Crippen molar-refractivity contribution in [3.63, 3.8) is 0 Å². The molecule has 154 valence electrons. The van der Waals surface area contributed by atoms with E-state index in [1.165, 1.54) is 12.1 Å². The number of pyridine rings is 1. The van der Waals surface area contributed by atoms with Crippen LogP contribution < -0.4 is 0 Å². The van der Waals surface area contributed by atoms with Gasteiger partial charge in [0, 0.05) is 36.8 Å². The Kier molecular flexibility index (Phi) is 6.52. The van der Waals surface area contributed by atoms with Crippen molar-refractivity contribution in [1.29, 1.82) is 0 Å². The minimum Gasteiger partial charge on any atom is -0.378 e. The normalized spacial score (nSPS) is 18.7. The van der Waals surface area contributed by atoms with Crippen molar-refractivity contribution >= 4 is 5.91 Å².